The fraction of sp³-hybridized carbons (Fsp3) is 0.750. The van der Waals surface area contributed by atoms with Gasteiger partial charge in [-0.3, -0.25) is 0 Å². The molecule has 0 N–H and O–H groups in total. The lowest BCUT2D eigenvalue weighted by molar-refractivity contribution is 0.0556. The molecule has 1 unspecified atom stereocenters. The van der Waals surface area contributed by atoms with Crippen molar-refractivity contribution in [3.63, 3.8) is 0 Å². The molecule has 1 aromatic rings. The summed E-state index contributed by atoms with van der Waals surface area (Å²) in [5, 5.41) is 3.97. The summed E-state index contributed by atoms with van der Waals surface area (Å²) in [6.07, 6.45) is 3.53. The largest absolute Gasteiger partial charge is 0.333 e. The molecule has 0 bridgehead atoms. The van der Waals surface area contributed by atoms with Crippen LogP contribution in [0.4, 0.5) is 8.78 Å². The number of hydrogen-bond acceptors (Lipinski definition) is 2. The van der Waals surface area contributed by atoms with Gasteiger partial charge in [0.25, 0.3) is 0 Å². The molecule has 1 aromatic heterocycles. The van der Waals surface area contributed by atoms with E-state index < -0.39 is 6.55 Å². The molecule has 1 atom stereocenters. The Kier molecular flexibility index (Phi) is 3.76. The maximum atomic E-state index is 12.4. The van der Waals surface area contributed by atoms with Crippen molar-refractivity contribution in [1.29, 1.82) is 0 Å². The number of hydrogen-bond donors (Lipinski definition) is 0. The number of likely N-dealkylation sites (tertiary alicyclic amines) is 1. The summed E-state index contributed by atoms with van der Waals surface area (Å²) in [5.41, 5.74) is 0.802. The highest BCUT2D eigenvalue weighted by Crippen LogP contribution is 2.27. The van der Waals surface area contributed by atoms with Crippen molar-refractivity contribution < 1.29 is 8.78 Å². The van der Waals surface area contributed by atoms with Gasteiger partial charge in [-0.25, -0.2) is 4.68 Å². The molecule has 1 aliphatic rings. The van der Waals surface area contributed by atoms with E-state index in [0.717, 1.165) is 36.3 Å². The van der Waals surface area contributed by atoms with E-state index in [1.54, 1.807) is 6.07 Å². The van der Waals surface area contributed by atoms with E-state index in [-0.39, 0.29) is 0 Å². The zero-order chi connectivity index (χ0) is 12.4. The van der Waals surface area contributed by atoms with Crippen molar-refractivity contribution in [3.8, 4) is 0 Å². The van der Waals surface area contributed by atoms with E-state index >= 15 is 0 Å². The van der Waals surface area contributed by atoms with Crippen molar-refractivity contribution in [1.82, 2.24) is 14.7 Å². The van der Waals surface area contributed by atoms with Crippen LogP contribution in [0.3, 0.4) is 0 Å². The molecular formula is C12H19F2N3. The van der Waals surface area contributed by atoms with Crippen molar-refractivity contribution in [2.45, 2.75) is 45.2 Å². The van der Waals surface area contributed by atoms with Crippen LogP contribution in [0.25, 0.3) is 0 Å². The normalized spacial score (nSPS) is 22.6. The van der Waals surface area contributed by atoms with E-state index in [0.29, 0.717) is 12.0 Å². The lowest BCUT2D eigenvalue weighted by atomic mass is 9.94. The first-order chi connectivity index (χ1) is 8.08. The van der Waals surface area contributed by atoms with Crippen molar-refractivity contribution in [3.05, 3.63) is 18.0 Å². The number of rotatable bonds is 3. The van der Waals surface area contributed by atoms with Crippen molar-refractivity contribution >= 4 is 0 Å². The summed E-state index contributed by atoms with van der Waals surface area (Å²) < 4.78 is 25.6. The van der Waals surface area contributed by atoms with E-state index in [4.69, 9.17) is 0 Å². The second kappa shape index (κ2) is 5.12. The summed E-state index contributed by atoms with van der Waals surface area (Å²) in [6.45, 7) is 3.83. The Balaban J connectivity index is 2.05. The van der Waals surface area contributed by atoms with E-state index in [1.807, 2.05) is 0 Å². The molecule has 0 aromatic carbocycles. The molecule has 2 heterocycles. The second-order valence-corrected chi connectivity index (χ2v) is 4.93. The van der Waals surface area contributed by atoms with Gasteiger partial charge in [-0.05, 0) is 39.3 Å². The second-order valence-electron chi connectivity index (χ2n) is 4.93. The predicted octanol–water partition coefficient (Wildman–Crippen LogP) is 2.87. The lowest BCUT2D eigenvalue weighted by Gasteiger charge is -2.34. The fourth-order valence-electron chi connectivity index (χ4n) is 2.40. The summed E-state index contributed by atoms with van der Waals surface area (Å²) in [4.78, 5) is 2.38. The third kappa shape index (κ3) is 2.83. The van der Waals surface area contributed by atoms with Gasteiger partial charge in [0.05, 0.1) is 5.69 Å². The summed E-state index contributed by atoms with van der Waals surface area (Å²) in [6, 6.07) is 2.23. The van der Waals surface area contributed by atoms with Gasteiger partial charge in [0, 0.05) is 24.7 Å². The minimum Gasteiger partial charge on any atom is -0.300 e. The van der Waals surface area contributed by atoms with Crippen LogP contribution in [-0.4, -0.2) is 33.8 Å². The van der Waals surface area contributed by atoms with Gasteiger partial charge in [0.15, 0.2) is 0 Å². The SMILES string of the molecule is CC(C)N1CCCC(c2ccn(C(F)F)n2)C1. The van der Waals surface area contributed by atoms with Gasteiger partial charge in [-0.1, -0.05) is 0 Å². The van der Waals surface area contributed by atoms with Crippen LogP contribution in [0.1, 0.15) is 44.9 Å². The average Bonchev–Trinajstić information content (AvgIpc) is 2.78. The zero-order valence-electron chi connectivity index (χ0n) is 10.3. The molecule has 0 spiro atoms. The van der Waals surface area contributed by atoms with Crippen LogP contribution in [0, 0.1) is 0 Å². The molecule has 96 valence electrons. The van der Waals surface area contributed by atoms with Crippen LogP contribution in [0.15, 0.2) is 12.3 Å². The van der Waals surface area contributed by atoms with Crippen LogP contribution >= 0.6 is 0 Å². The minimum atomic E-state index is -2.53. The minimum absolute atomic E-state index is 0.297. The Morgan fingerprint density at radius 3 is 2.76 bits per heavy atom. The number of nitrogens with zero attached hydrogens (tertiary/aromatic N) is 3. The molecule has 0 radical (unpaired) electrons. The van der Waals surface area contributed by atoms with Crippen LogP contribution < -0.4 is 0 Å². The Bertz CT molecular complexity index is 362. The van der Waals surface area contributed by atoms with Gasteiger partial charge >= 0.3 is 6.55 Å². The van der Waals surface area contributed by atoms with Crippen LogP contribution in [0.2, 0.25) is 0 Å². The first-order valence-electron chi connectivity index (χ1n) is 6.15. The summed E-state index contributed by atoms with van der Waals surface area (Å²) in [5.74, 6) is 0.297. The molecule has 1 aliphatic heterocycles. The van der Waals surface area contributed by atoms with Crippen molar-refractivity contribution in [2.75, 3.05) is 13.1 Å². The van der Waals surface area contributed by atoms with Gasteiger partial charge in [-0.2, -0.15) is 13.9 Å². The topological polar surface area (TPSA) is 21.1 Å². The predicted molar refractivity (Wildman–Crippen MR) is 62.2 cm³/mol. The molecule has 2 rings (SSSR count). The zero-order valence-corrected chi connectivity index (χ0v) is 10.3. The highest BCUT2D eigenvalue weighted by Gasteiger charge is 2.24. The number of alkyl halides is 2. The summed E-state index contributed by atoms with van der Waals surface area (Å²) >= 11 is 0. The molecule has 17 heavy (non-hydrogen) atoms. The van der Waals surface area contributed by atoms with E-state index in [1.165, 1.54) is 6.20 Å². The molecular weight excluding hydrogens is 224 g/mol. The highest BCUT2D eigenvalue weighted by atomic mass is 19.3. The number of halogens is 2. The van der Waals surface area contributed by atoms with Crippen molar-refractivity contribution in [2.24, 2.45) is 0 Å². The van der Waals surface area contributed by atoms with Crippen LogP contribution in [0.5, 0.6) is 0 Å². The molecule has 3 nitrogen and oxygen atoms in total. The standard InChI is InChI=1S/C12H19F2N3/c1-9(2)16-6-3-4-10(8-16)11-5-7-17(15-11)12(13)14/h5,7,9-10,12H,3-4,6,8H2,1-2H3. The Labute approximate surface area is 100 Å². The molecule has 1 fully saturated rings. The third-order valence-electron chi connectivity index (χ3n) is 3.43. The Hall–Kier alpha value is -0.970. The van der Waals surface area contributed by atoms with Crippen LogP contribution in [-0.2, 0) is 0 Å². The monoisotopic (exact) mass is 243 g/mol. The third-order valence-corrected chi connectivity index (χ3v) is 3.43. The number of aromatic nitrogens is 2. The van der Waals surface area contributed by atoms with Gasteiger partial charge in [0.2, 0.25) is 0 Å². The molecule has 0 aliphatic carbocycles. The van der Waals surface area contributed by atoms with Gasteiger partial charge in [0.1, 0.15) is 0 Å². The Morgan fingerprint density at radius 2 is 2.18 bits per heavy atom. The smallest absolute Gasteiger partial charge is 0.300 e. The summed E-state index contributed by atoms with van der Waals surface area (Å²) in [7, 11) is 0. The molecule has 5 heteroatoms. The molecule has 0 saturated carbocycles. The van der Waals surface area contributed by atoms with Gasteiger partial charge in [-0.15, -0.1) is 0 Å². The fourth-order valence-corrected chi connectivity index (χ4v) is 2.40. The highest BCUT2D eigenvalue weighted by molar-refractivity contribution is 5.08. The average molecular weight is 243 g/mol. The molecule has 1 saturated heterocycles. The molecule has 0 amide bonds. The quantitative estimate of drug-likeness (QED) is 0.814. The maximum Gasteiger partial charge on any atom is 0.333 e. The van der Waals surface area contributed by atoms with Gasteiger partial charge < -0.3 is 4.90 Å². The first-order valence-corrected chi connectivity index (χ1v) is 6.15. The Morgan fingerprint density at radius 1 is 1.41 bits per heavy atom. The lowest BCUT2D eigenvalue weighted by Crippen LogP contribution is -2.39. The number of piperidine rings is 1. The van der Waals surface area contributed by atoms with E-state index in [9.17, 15) is 8.78 Å². The maximum absolute atomic E-state index is 12.4. The first kappa shape index (κ1) is 12.5. The van der Waals surface area contributed by atoms with E-state index in [2.05, 4.69) is 23.8 Å².